The van der Waals surface area contributed by atoms with Crippen LogP contribution in [0.5, 0.6) is 0 Å². The molecule has 2 aromatic heterocycles. The maximum absolute atomic E-state index is 4.63. The van der Waals surface area contributed by atoms with Crippen molar-refractivity contribution in [3.8, 4) is 0 Å². The Bertz CT molecular complexity index is 643. The minimum Gasteiger partial charge on any atom is -0.357 e. The molecule has 0 unspecified atom stereocenters. The van der Waals surface area contributed by atoms with E-state index in [1.54, 1.807) is 11.3 Å². The first kappa shape index (κ1) is 18.4. The third-order valence-corrected chi connectivity index (χ3v) is 4.58. The maximum atomic E-state index is 4.63. The van der Waals surface area contributed by atoms with E-state index < -0.39 is 0 Å². The van der Waals surface area contributed by atoms with Crippen molar-refractivity contribution in [2.45, 2.75) is 53.0 Å². The summed E-state index contributed by atoms with van der Waals surface area (Å²) in [6.45, 7) is 10.8. The molecule has 2 rings (SSSR count). The molecule has 0 radical (unpaired) electrons. The lowest BCUT2D eigenvalue weighted by atomic mass is 10.1. The zero-order chi connectivity index (χ0) is 17.4. The van der Waals surface area contributed by atoms with Gasteiger partial charge in [0.2, 0.25) is 0 Å². The predicted molar refractivity (Wildman–Crippen MR) is 101 cm³/mol. The van der Waals surface area contributed by atoms with E-state index >= 15 is 0 Å². The zero-order valence-corrected chi connectivity index (χ0v) is 15.8. The molecule has 0 atom stereocenters. The van der Waals surface area contributed by atoms with Crippen molar-refractivity contribution < 1.29 is 0 Å². The van der Waals surface area contributed by atoms with Crippen LogP contribution in [0.15, 0.2) is 16.6 Å². The smallest absolute Gasteiger partial charge is 0.191 e. The fourth-order valence-electron chi connectivity index (χ4n) is 2.26. The summed E-state index contributed by atoms with van der Waals surface area (Å²) in [7, 11) is 0. The van der Waals surface area contributed by atoms with Crippen molar-refractivity contribution >= 4 is 17.3 Å². The molecule has 0 aliphatic rings. The summed E-state index contributed by atoms with van der Waals surface area (Å²) in [5.74, 6) is 1.32. The molecule has 0 aliphatic heterocycles. The molecule has 3 N–H and O–H groups in total. The summed E-state index contributed by atoms with van der Waals surface area (Å²) in [5.41, 5.74) is 3.58. The highest BCUT2D eigenvalue weighted by atomic mass is 32.1. The van der Waals surface area contributed by atoms with E-state index in [1.165, 1.54) is 5.56 Å². The van der Waals surface area contributed by atoms with E-state index in [2.05, 4.69) is 63.9 Å². The molecule has 2 aromatic rings. The molecule has 6 nitrogen and oxygen atoms in total. The van der Waals surface area contributed by atoms with Gasteiger partial charge in [-0.15, -0.1) is 11.3 Å². The van der Waals surface area contributed by atoms with Crippen LogP contribution >= 0.6 is 11.3 Å². The molecule has 0 bridgehead atoms. The van der Waals surface area contributed by atoms with Gasteiger partial charge < -0.3 is 10.6 Å². The first-order chi connectivity index (χ1) is 11.6. The van der Waals surface area contributed by atoms with Crippen molar-refractivity contribution in [2.24, 2.45) is 4.99 Å². The SMILES string of the molecule is CCNC(=NCc1nc(C(C)C)cs1)NCCCc1cn[nH]c1C. The molecule has 2 heterocycles. The quantitative estimate of drug-likeness (QED) is 0.389. The number of aliphatic imine (C=N–C) groups is 1. The molecular formula is C17H28N6S. The van der Waals surface area contributed by atoms with Gasteiger partial charge in [0.1, 0.15) is 5.01 Å². The summed E-state index contributed by atoms with van der Waals surface area (Å²) >= 11 is 1.68. The van der Waals surface area contributed by atoms with Crippen molar-refractivity contribution in [1.29, 1.82) is 0 Å². The molecule has 132 valence electrons. The van der Waals surface area contributed by atoms with Gasteiger partial charge in [-0.25, -0.2) is 9.98 Å². The van der Waals surface area contributed by atoms with Crippen LogP contribution in [0.4, 0.5) is 0 Å². The van der Waals surface area contributed by atoms with Gasteiger partial charge in [0.25, 0.3) is 0 Å². The second-order valence-electron chi connectivity index (χ2n) is 6.07. The lowest BCUT2D eigenvalue weighted by Crippen LogP contribution is -2.37. The van der Waals surface area contributed by atoms with Crippen molar-refractivity contribution in [1.82, 2.24) is 25.8 Å². The minimum atomic E-state index is 0.469. The fraction of sp³-hybridized carbons (Fsp3) is 0.588. The summed E-state index contributed by atoms with van der Waals surface area (Å²) in [4.78, 5) is 9.26. The number of nitrogens with zero attached hydrogens (tertiary/aromatic N) is 3. The largest absolute Gasteiger partial charge is 0.357 e. The van der Waals surface area contributed by atoms with Gasteiger partial charge in [-0.1, -0.05) is 13.8 Å². The molecule has 0 saturated carbocycles. The number of H-pyrrole nitrogens is 1. The number of aryl methyl sites for hydroxylation is 2. The second-order valence-corrected chi connectivity index (χ2v) is 7.01. The minimum absolute atomic E-state index is 0.469. The van der Waals surface area contributed by atoms with Gasteiger partial charge in [-0.05, 0) is 38.2 Å². The molecule has 0 aromatic carbocycles. The van der Waals surface area contributed by atoms with Crippen LogP contribution in [0.1, 0.15) is 55.1 Å². The summed E-state index contributed by atoms with van der Waals surface area (Å²) in [6, 6.07) is 0. The summed E-state index contributed by atoms with van der Waals surface area (Å²) < 4.78 is 0. The molecule has 7 heteroatoms. The highest BCUT2D eigenvalue weighted by Crippen LogP contribution is 2.18. The number of hydrogen-bond acceptors (Lipinski definition) is 4. The Balaban J connectivity index is 1.80. The van der Waals surface area contributed by atoms with Crippen LogP contribution in [0.3, 0.4) is 0 Å². The van der Waals surface area contributed by atoms with Crippen molar-refractivity contribution in [2.75, 3.05) is 13.1 Å². The zero-order valence-electron chi connectivity index (χ0n) is 15.0. The Kier molecular flexibility index (Phi) is 7.24. The fourth-order valence-corrected chi connectivity index (χ4v) is 3.14. The monoisotopic (exact) mass is 348 g/mol. The van der Waals surface area contributed by atoms with E-state index in [4.69, 9.17) is 0 Å². The average Bonchev–Trinajstić information content (AvgIpc) is 3.18. The molecule has 0 amide bonds. The van der Waals surface area contributed by atoms with Crippen LogP contribution in [0.25, 0.3) is 0 Å². The average molecular weight is 349 g/mol. The topological polar surface area (TPSA) is 78.0 Å². The maximum Gasteiger partial charge on any atom is 0.191 e. The van der Waals surface area contributed by atoms with Crippen molar-refractivity contribution in [3.63, 3.8) is 0 Å². The van der Waals surface area contributed by atoms with Crippen LogP contribution in [0, 0.1) is 6.92 Å². The number of rotatable bonds is 8. The van der Waals surface area contributed by atoms with Gasteiger partial charge in [0.15, 0.2) is 5.96 Å². The molecule has 0 fully saturated rings. The first-order valence-electron chi connectivity index (χ1n) is 8.55. The highest BCUT2D eigenvalue weighted by molar-refractivity contribution is 7.09. The lowest BCUT2D eigenvalue weighted by molar-refractivity contribution is 0.741. The van der Waals surface area contributed by atoms with E-state index in [1.807, 2.05) is 6.20 Å². The van der Waals surface area contributed by atoms with E-state index in [0.717, 1.165) is 48.3 Å². The third-order valence-electron chi connectivity index (χ3n) is 3.73. The van der Waals surface area contributed by atoms with Crippen LogP contribution < -0.4 is 10.6 Å². The van der Waals surface area contributed by atoms with E-state index in [9.17, 15) is 0 Å². The summed E-state index contributed by atoms with van der Waals surface area (Å²) in [5, 5.41) is 16.9. The summed E-state index contributed by atoms with van der Waals surface area (Å²) in [6.07, 6.45) is 3.96. The van der Waals surface area contributed by atoms with Gasteiger partial charge >= 0.3 is 0 Å². The Labute approximate surface area is 148 Å². The number of hydrogen-bond donors (Lipinski definition) is 3. The van der Waals surface area contributed by atoms with Gasteiger partial charge in [-0.3, -0.25) is 5.10 Å². The van der Waals surface area contributed by atoms with Crippen LogP contribution in [0.2, 0.25) is 0 Å². The second kappa shape index (κ2) is 9.42. The molecule has 0 spiro atoms. The number of nitrogens with one attached hydrogen (secondary N) is 3. The normalized spacial score (nSPS) is 12.0. The lowest BCUT2D eigenvalue weighted by Gasteiger charge is -2.10. The standard InChI is InChI=1S/C17H28N6S/c1-5-18-17(19-8-6-7-14-9-21-23-13(14)4)20-10-16-22-15(11-24-16)12(2)3/h9,11-12H,5-8,10H2,1-4H3,(H,21,23)(H2,18,19,20). The number of thiazole rings is 1. The van der Waals surface area contributed by atoms with Gasteiger partial charge in [-0.2, -0.15) is 5.10 Å². The predicted octanol–water partition coefficient (Wildman–Crippen LogP) is 2.99. The van der Waals surface area contributed by atoms with Gasteiger partial charge in [0, 0.05) is 24.2 Å². The van der Waals surface area contributed by atoms with Gasteiger partial charge in [0.05, 0.1) is 18.4 Å². The van der Waals surface area contributed by atoms with Crippen LogP contribution in [-0.2, 0) is 13.0 Å². The highest BCUT2D eigenvalue weighted by Gasteiger charge is 2.06. The van der Waals surface area contributed by atoms with Crippen LogP contribution in [-0.4, -0.2) is 34.2 Å². The number of aromatic nitrogens is 3. The number of guanidine groups is 1. The number of aromatic amines is 1. The molecule has 24 heavy (non-hydrogen) atoms. The van der Waals surface area contributed by atoms with E-state index in [0.29, 0.717) is 12.5 Å². The Morgan fingerprint density at radius 3 is 2.83 bits per heavy atom. The molecule has 0 saturated heterocycles. The first-order valence-corrected chi connectivity index (χ1v) is 9.43. The third kappa shape index (κ3) is 5.63. The Morgan fingerprint density at radius 1 is 1.38 bits per heavy atom. The molecular weight excluding hydrogens is 320 g/mol. The molecule has 0 aliphatic carbocycles. The van der Waals surface area contributed by atoms with E-state index in [-0.39, 0.29) is 0 Å². The Morgan fingerprint density at radius 2 is 2.21 bits per heavy atom. The van der Waals surface area contributed by atoms with Crippen molar-refractivity contribution in [3.05, 3.63) is 33.5 Å². The Hall–Kier alpha value is -1.89.